The van der Waals surface area contributed by atoms with Crippen molar-refractivity contribution in [3.05, 3.63) is 35.4 Å². The minimum atomic E-state index is -0.491. The van der Waals surface area contributed by atoms with Crippen molar-refractivity contribution >= 4 is 12.0 Å². The van der Waals surface area contributed by atoms with Gasteiger partial charge < -0.3 is 14.9 Å². The van der Waals surface area contributed by atoms with Crippen LogP contribution in [0.2, 0.25) is 0 Å². The van der Waals surface area contributed by atoms with Gasteiger partial charge in [0.15, 0.2) is 0 Å². The van der Waals surface area contributed by atoms with Crippen molar-refractivity contribution in [3.63, 3.8) is 0 Å². The van der Waals surface area contributed by atoms with Gasteiger partial charge in [-0.15, -0.1) is 0 Å². The van der Waals surface area contributed by atoms with Gasteiger partial charge in [-0.05, 0) is 31.1 Å². The normalized spacial score (nSPS) is 10.1. The first kappa shape index (κ1) is 15.8. The van der Waals surface area contributed by atoms with E-state index in [0.29, 0.717) is 17.5 Å². The summed E-state index contributed by atoms with van der Waals surface area (Å²) in [5, 5.41) is 18.5. The topological polar surface area (TPSA) is 66.8 Å². The van der Waals surface area contributed by atoms with Gasteiger partial charge in [0.25, 0.3) is 0 Å². The second kappa shape index (κ2) is 8.78. The molecule has 4 heteroatoms. The third-order valence-electron chi connectivity index (χ3n) is 2.60. The van der Waals surface area contributed by atoms with Crippen molar-refractivity contribution in [1.82, 2.24) is 0 Å². The summed E-state index contributed by atoms with van der Waals surface area (Å²) in [5.41, 5.74) is 1.14. The summed E-state index contributed by atoms with van der Waals surface area (Å²) < 4.78 is 4.51. The van der Waals surface area contributed by atoms with Crippen molar-refractivity contribution in [3.8, 4) is 17.6 Å². The van der Waals surface area contributed by atoms with Gasteiger partial charge in [-0.3, -0.25) is 0 Å². The molecule has 106 valence electrons. The highest BCUT2D eigenvalue weighted by atomic mass is 16.5. The maximum Gasteiger partial charge on any atom is 0.330 e. The number of unbranched alkanes of at least 4 members (excludes halogenated alkanes) is 2. The summed E-state index contributed by atoms with van der Waals surface area (Å²) in [7, 11) is 1.29. The van der Waals surface area contributed by atoms with Gasteiger partial charge in [0.05, 0.1) is 7.11 Å². The molecule has 0 aliphatic carbocycles. The number of phenols is 1. The molecule has 4 nitrogen and oxygen atoms in total. The van der Waals surface area contributed by atoms with E-state index in [-0.39, 0.29) is 12.4 Å². The van der Waals surface area contributed by atoms with E-state index in [0.717, 1.165) is 12.8 Å². The SMILES string of the molecule is COC(=O)C=Cc1c(O)cccc1C#CCCCCO. The molecule has 0 heterocycles. The standard InChI is InChI=1S/C16H18O4/c1-20-16(19)11-10-14-13(8-6-9-15(14)18)7-4-2-3-5-12-17/h6,8-11,17-18H,2-3,5,12H2,1H3. The van der Waals surface area contributed by atoms with Crippen LogP contribution in [-0.4, -0.2) is 29.9 Å². The van der Waals surface area contributed by atoms with E-state index < -0.39 is 5.97 Å². The van der Waals surface area contributed by atoms with E-state index in [1.807, 2.05) is 0 Å². The number of carbonyl (C=O) groups is 1. The number of aromatic hydroxyl groups is 1. The van der Waals surface area contributed by atoms with Crippen LogP contribution in [-0.2, 0) is 9.53 Å². The summed E-state index contributed by atoms with van der Waals surface area (Å²) in [4.78, 5) is 11.1. The highest BCUT2D eigenvalue weighted by Gasteiger charge is 2.03. The first-order valence-electron chi connectivity index (χ1n) is 6.36. The zero-order valence-corrected chi connectivity index (χ0v) is 11.4. The summed E-state index contributed by atoms with van der Waals surface area (Å²) in [5.74, 6) is 5.51. The molecular formula is C16H18O4. The lowest BCUT2D eigenvalue weighted by Crippen LogP contribution is -1.94. The third kappa shape index (κ3) is 5.17. The number of esters is 1. The average molecular weight is 274 g/mol. The molecule has 0 unspecified atom stereocenters. The van der Waals surface area contributed by atoms with Crippen molar-refractivity contribution in [1.29, 1.82) is 0 Å². The Balaban J connectivity index is 2.88. The van der Waals surface area contributed by atoms with Crippen LogP contribution >= 0.6 is 0 Å². The van der Waals surface area contributed by atoms with Gasteiger partial charge in [0.1, 0.15) is 5.75 Å². The fourth-order valence-electron chi connectivity index (χ4n) is 1.54. The first-order valence-corrected chi connectivity index (χ1v) is 6.36. The van der Waals surface area contributed by atoms with Crippen LogP contribution in [0.5, 0.6) is 5.75 Å². The minimum Gasteiger partial charge on any atom is -0.507 e. The third-order valence-corrected chi connectivity index (χ3v) is 2.60. The van der Waals surface area contributed by atoms with E-state index in [9.17, 15) is 9.90 Å². The van der Waals surface area contributed by atoms with Crippen LogP contribution in [0, 0.1) is 11.8 Å². The van der Waals surface area contributed by atoms with E-state index >= 15 is 0 Å². The Morgan fingerprint density at radius 1 is 1.40 bits per heavy atom. The summed E-state index contributed by atoms with van der Waals surface area (Å²) in [6.45, 7) is 0.168. The monoisotopic (exact) mass is 274 g/mol. The van der Waals surface area contributed by atoms with E-state index in [2.05, 4.69) is 16.6 Å². The smallest absolute Gasteiger partial charge is 0.330 e. The van der Waals surface area contributed by atoms with Crippen molar-refractivity contribution < 1.29 is 19.7 Å². The van der Waals surface area contributed by atoms with Crippen molar-refractivity contribution in [2.24, 2.45) is 0 Å². The predicted octanol–water partition coefficient (Wildman–Crippen LogP) is 2.09. The molecule has 1 aromatic carbocycles. The van der Waals surface area contributed by atoms with Crippen molar-refractivity contribution in [2.75, 3.05) is 13.7 Å². The van der Waals surface area contributed by atoms with E-state index in [1.165, 1.54) is 25.3 Å². The van der Waals surface area contributed by atoms with Gasteiger partial charge in [0, 0.05) is 30.2 Å². The fourth-order valence-corrected chi connectivity index (χ4v) is 1.54. The highest BCUT2D eigenvalue weighted by Crippen LogP contribution is 2.22. The van der Waals surface area contributed by atoms with Crippen LogP contribution in [0.15, 0.2) is 24.3 Å². The number of aliphatic hydroxyl groups is 1. The molecular weight excluding hydrogens is 256 g/mol. The second-order valence-corrected chi connectivity index (χ2v) is 4.08. The molecule has 0 fully saturated rings. The molecule has 0 radical (unpaired) electrons. The molecule has 0 atom stereocenters. The number of hydrogen-bond acceptors (Lipinski definition) is 4. The number of hydrogen-bond donors (Lipinski definition) is 2. The van der Waals surface area contributed by atoms with Gasteiger partial charge >= 0.3 is 5.97 Å². The molecule has 0 aliphatic rings. The molecule has 1 aromatic rings. The average Bonchev–Trinajstić information content (AvgIpc) is 2.45. The van der Waals surface area contributed by atoms with Gasteiger partial charge in [0.2, 0.25) is 0 Å². The number of aliphatic hydroxyl groups excluding tert-OH is 1. The fraction of sp³-hybridized carbons (Fsp3) is 0.312. The van der Waals surface area contributed by atoms with Crippen LogP contribution < -0.4 is 0 Å². The van der Waals surface area contributed by atoms with Crippen LogP contribution in [0.1, 0.15) is 30.4 Å². The quantitative estimate of drug-likeness (QED) is 0.373. The minimum absolute atomic E-state index is 0.0623. The molecule has 2 N–H and O–H groups in total. The zero-order chi connectivity index (χ0) is 14.8. The lowest BCUT2D eigenvalue weighted by atomic mass is 10.1. The number of phenolic OH excluding ortho intramolecular Hbond substituents is 1. The Kier molecular flexibility index (Phi) is 6.94. The molecule has 0 saturated heterocycles. The lowest BCUT2D eigenvalue weighted by Gasteiger charge is -2.02. The number of rotatable bonds is 5. The Labute approximate surface area is 118 Å². The van der Waals surface area contributed by atoms with Crippen LogP contribution in [0.25, 0.3) is 6.08 Å². The largest absolute Gasteiger partial charge is 0.507 e. The Bertz CT molecular complexity index is 535. The van der Waals surface area contributed by atoms with E-state index in [1.54, 1.807) is 12.1 Å². The second-order valence-electron chi connectivity index (χ2n) is 4.08. The molecule has 0 aromatic heterocycles. The van der Waals surface area contributed by atoms with Crippen molar-refractivity contribution in [2.45, 2.75) is 19.3 Å². The zero-order valence-electron chi connectivity index (χ0n) is 11.4. The molecule has 20 heavy (non-hydrogen) atoms. The van der Waals surface area contributed by atoms with E-state index in [4.69, 9.17) is 5.11 Å². The Hall–Kier alpha value is -2.25. The highest BCUT2D eigenvalue weighted by molar-refractivity contribution is 5.88. The summed E-state index contributed by atoms with van der Waals surface area (Å²) >= 11 is 0. The van der Waals surface area contributed by atoms with Crippen LogP contribution in [0.4, 0.5) is 0 Å². The number of benzene rings is 1. The predicted molar refractivity (Wildman–Crippen MR) is 77.0 cm³/mol. The lowest BCUT2D eigenvalue weighted by molar-refractivity contribution is -0.134. The first-order chi connectivity index (χ1) is 9.69. The number of methoxy groups -OCH3 is 1. The summed E-state index contributed by atoms with van der Waals surface area (Å²) in [6, 6.07) is 5.01. The maximum atomic E-state index is 11.1. The molecule has 0 amide bonds. The molecule has 0 spiro atoms. The Morgan fingerprint density at radius 3 is 2.90 bits per heavy atom. The van der Waals surface area contributed by atoms with Crippen LogP contribution in [0.3, 0.4) is 0 Å². The number of ether oxygens (including phenoxy) is 1. The molecule has 0 saturated carbocycles. The Morgan fingerprint density at radius 2 is 2.20 bits per heavy atom. The van der Waals surface area contributed by atoms with Gasteiger partial charge in [-0.1, -0.05) is 17.9 Å². The maximum absolute atomic E-state index is 11.1. The van der Waals surface area contributed by atoms with Gasteiger partial charge in [-0.25, -0.2) is 4.79 Å². The van der Waals surface area contributed by atoms with Gasteiger partial charge in [-0.2, -0.15) is 0 Å². The molecule has 0 bridgehead atoms. The number of carbonyl (C=O) groups excluding carboxylic acids is 1. The summed E-state index contributed by atoms with van der Waals surface area (Å²) in [6.07, 6.45) is 4.96. The molecule has 1 rings (SSSR count). The molecule has 0 aliphatic heterocycles.